The molecule has 0 bridgehead atoms. The number of fused-ring (bicyclic) bond motifs is 3. The zero-order valence-corrected chi connectivity index (χ0v) is 20.8. The summed E-state index contributed by atoms with van der Waals surface area (Å²) < 4.78 is 12.8. The Bertz CT molecular complexity index is 1660. The van der Waals surface area contributed by atoms with E-state index in [0.717, 1.165) is 15.1 Å². The van der Waals surface area contributed by atoms with Gasteiger partial charge >= 0.3 is 12.0 Å². The second-order valence-electron chi connectivity index (χ2n) is 8.66. The lowest BCUT2D eigenvalue weighted by molar-refractivity contribution is -0.148. The largest absolute Gasteiger partial charge is 0.484 e. The molecular weight excluding hydrogens is 514 g/mol. The molecule has 0 aliphatic carbocycles. The molecule has 13 heteroatoms. The summed E-state index contributed by atoms with van der Waals surface area (Å²) >= 11 is 1.33. The Hall–Kier alpha value is -4.78. The fraction of sp³-hybridized carbons (Fsp3) is 0.200. The van der Waals surface area contributed by atoms with Crippen LogP contribution in [0.4, 0.5) is 4.79 Å². The van der Waals surface area contributed by atoms with E-state index in [4.69, 9.17) is 15.2 Å². The number of carbonyl (C=O) groups is 4. The molecule has 4 aromatic rings. The fourth-order valence-electron chi connectivity index (χ4n) is 4.10. The maximum absolute atomic E-state index is 13.1. The molecule has 1 saturated heterocycles. The number of rotatable bonds is 8. The van der Waals surface area contributed by atoms with Crippen molar-refractivity contribution in [1.29, 1.82) is 0 Å². The molecule has 1 atom stereocenters. The Balaban J connectivity index is 1.25. The lowest BCUT2D eigenvalue weighted by Crippen LogP contribution is -2.41. The van der Waals surface area contributed by atoms with Crippen molar-refractivity contribution in [3.63, 3.8) is 0 Å². The van der Waals surface area contributed by atoms with E-state index >= 15 is 0 Å². The minimum Gasteiger partial charge on any atom is -0.484 e. The minimum atomic E-state index is -1.43. The number of nitrogens with one attached hydrogen (secondary N) is 1. The molecule has 1 aliphatic rings. The number of esters is 1. The van der Waals surface area contributed by atoms with Crippen molar-refractivity contribution >= 4 is 50.3 Å². The van der Waals surface area contributed by atoms with Crippen LogP contribution in [0.1, 0.15) is 18.2 Å². The number of amides is 4. The normalized spacial score (nSPS) is 17.1. The third-order valence-corrected chi connectivity index (χ3v) is 7.03. The number of nitrogens with two attached hydrogens (primary N) is 1. The molecule has 38 heavy (non-hydrogen) atoms. The molecule has 0 radical (unpaired) electrons. The average molecular weight is 536 g/mol. The van der Waals surface area contributed by atoms with Crippen LogP contribution < -0.4 is 21.3 Å². The lowest BCUT2D eigenvalue weighted by Gasteiger charge is -2.22. The van der Waals surface area contributed by atoms with Crippen molar-refractivity contribution in [3.05, 3.63) is 76.2 Å². The van der Waals surface area contributed by atoms with Gasteiger partial charge < -0.3 is 20.5 Å². The van der Waals surface area contributed by atoms with Gasteiger partial charge in [0, 0.05) is 6.07 Å². The van der Waals surface area contributed by atoms with Gasteiger partial charge in [-0.05, 0) is 36.8 Å². The van der Waals surface area contributed by atoms with Crippen LogP contribution in [0.15, 0.2) is 59.4 Å². The number of primary amides is 1. The zero-order valence-electron chi connectivity index (χ0n) is 20.0. The fourth-order valence-corrected chi connectivity index (χ4v) is 5.15. The van der Waals surface area contributed by atoms with Crippen LogP contribution in [0.3, 0.4) is 0 Å². The topological polar surface area (TPSA) is 162 Å². The van der Waals surface area contributed by atoms with Gasteiger partial charge in [-0.25, -0.2) is 9.78 Å². The van der Waals surface area contributed by atoms with Gasteiger partial charge in [-0.3, -0.25) is 28.5 Å². The molecular formula is C25H21N5O7S. The molecule has 12 nitrogen and oxygen atoms in total. The van der Waals surface area contributed by atoms with Crippen LogP contribution in [-0.2, 0) is 31.3 Å². The highest BCUT2D eigenvalue weighted by Gasteiger charge is 2.49. The Labute approximate surface area is 218 Å². The number of carbonyl (C=O) groups excluding carboxylic acids is 4. The highest BCUT2D eigenvalue weighted by Crippen LogP contribution is 2.30. The number of hydrogen-bond donors (Lipinski definition) is 2. The molecule has 3 heterocycles. The van der Waals surface area contributed by atoms with E-state index in [1.54, 1.807) is 12.1 Å². The van der Waals surface area contributed by atoms with E-state index in [1.165, 1.54) is 40.9 Å². The highest BCUT2D eigenvalue weighted by atomic mass is 32.1. The number of nitrogens with zero attached hydrogens (tertiary/aromatic N) is 3. The predicted octanol–water partition coefficient (Wildman–Crippen LogP) is 1.28. The van der Waals surface area contributed by atoms with Crippen LogP contribution in [0, 0.1) is 0 Å². The molecule has 1 aliphatic heterocycles. The lowest BCUT2D eigenvalue weighted by atomic mass is 9.92. The Morgan fingerprint density at radius 3 is 2.58 bits per heavy atom. The number of para-hydroxylation sites is 1. The minimum absolute atomic E-state index is 0.246. The second kappa shape index (κ2) is 9.59. The van der Waals surface area contributed by atoms with Gasteiger partial charge in [-0.1, -0.05) is 35.6 Å². The Morgan fingerprint density at radius 1 is 1.11 bits per heavy atom. The van der Waals surface area contributed by atoms with E-state index in [9.17, 15) is 24.0 Å². The number of benzene rings is 2. The first-order chi connectivity index (χ1) is 18.2. The van der Waals surface area contributed by atoms with Crippen LogP contribution in [0.25, 0.3) is 15.2 Å². The maximum Gasteiger partial charge on any atom is 0.326 e. The Kier molecular flexibility index (Phi) is 6.28. The summed E-state index contributed by atoms with van der Waals surface area (Å²) in [6.07, 6.45) is 0. The van der Waals surface area contributed by atoms with Crippen LogP contribution >= 0.6 is 11.3 Å². The summed E-state index contributed by atoms with van der Waals surface area (Å²) in [4.78, 5) is 67.3. The van der Waals surface area contributed by atoms with Crippen molar-refractivity contribution in [1.82, 2.24) is 19.6 Å². The van der Waals surface area contributed by atoms with Crippen molar-refractivity contribution < 1.29 is 28.7 Å². The molecule has 1 fully saturated rings. The number of hydrogen-bond acceptors (Lipinski definition) is 9. The second-order valence-corrected chi connectivity index (χ2v) is 9.67. The van der Waals surface area contributed by atoms with Gasteiger partial charge in [0.05, 0.1) is 15.9 Å². The van der Waals surface area contributed by atoms with E-state index in [2.05, 4.69) is 10.3 Å². The number of aromatic nitrogens is 2. The Morgan fingerprint density at radius 2 is 1.84 bits per heavy atom. The van der Waals surface area contributed by atoms with Gasteiger partial charge in [0.2, 0.25) is 0 Å². The van der Waals surface area contributed by atoms with E-state index in [0.29, 0.717) is 16.3 Å². The standard InChI is InChI=1S/C25H21N5O7S/c1-25(14-6-8-16(9-7-14)36-13-19(26)31)22(34)29(23(35)28-25)11-21(33)37-12-15-10-20(32)30-17-4-2-3-5-18(17)38-24(30)27-15/h2-10H,11-13H2,1H3,(H2,26,31)(H,28,35). The summed E-state index contributed by atoms with van der Waals surface area (Å²) in [5.41, 5.74) is 4.75. The molecule has 1 unspecified atom stereocenters. The van der Waals surface area contributed by atoms with E-state index < -0.39 is 35.9 Å². The van der Waals surface area contributed by atoms with Gasteiger partial charge in [-0.2, -0.15) is 0 Å². The maximum atomic E-state index is 13.1. The molecule has 0 spiro atoms. The van der Waals surface area contributed by atoms with Gasteiger partial charge in [0.25, 0.3) is 17.4 Å². The number of imide groups is 1. The monoisotopic (exact) mass is 535 g/mol. The molecule has 4 amide bonds. The van der Waals surface area contributed by atoms with Crippen molar-refractivity contribution in [3.8, 4) is 5.75 Å². The van der Waals surface area contributed by atoms with Crippen molar-refractivity contribution in [2.24, 2.45) is 5.73 Å². The van der Waals surface area contributed by atoms with Crippen LogP contribution in [0.5, 0.6) is 5.75 Å². The van der Waals surface area contributed by atoms with E-state index in [1.807, 2.05) is 24.3 Å². The number of thiazole rings is 1. The first-order valence-electron chi connectivity index (χ1n) is 11.4. The predicted molar refractivity (Wildman–Crippen MR) is 135 cm³/mol. The molecule has 3 N–H and O–H groups in total. The quantitative estimate of drug-likeness (QED) is 0.252. The smallest absolute Gasteiger partial charge is 0.326 e. The SMILES string of the molecule is CC1(c2ccc(OCC(N)=O)cc2)NC(=O)N(CC(=O)OCc2cc(=O)n3c(n2)sc2ccccc23)C1=O. The average Bonchev–Trinajstić information content (AvgIpc) is 3.37. The third-order valence-electron chi connectivity index (χ3n) is 6.00. The zero-order chi connectivity index (χ0) is 27.0. The van der Waals surface area contributed by atoms with Crippen LogP contribution in [-0.4, -0.2) is 51.3 Å². The highest BCUT2D eigenvalue weighted by molar-refractivity contribution is 7.23. The summed E-state index contributed by atoms with van der Waals surface area (Å²) in [5, 5.41) is 2.60. The van der Waals surface area contributed by atoms with Gasteiger partial charge in [-0.15, -0.1) is 0 Å². The van der Waals surface area contributed by atoms with Crippen molar-refractivity contribution in [2.75, 3.05) is 13.2 Å². The summed E-state index contributed by atoms with van der Waals surface area (Å²) in [7, 11) is 0. The molecule has 5 rings (SSSR count). The summed E-state index contributed by atoms with van der Waals surface area (Å²) in [5.74, 6) is -1.76. The van der Waals surface area contributed by atoms with Crippen molar-refractivity contribution in [2.45, 2.75) is 19.1 Å². The molecule has 0 saturated carbocycles. The summed E-state index contributed by atoms with van der Waals surface area (Å²) in [6.45, 7) is 0.288. The summed E-state index contributed by atoms with van der Waals surface area (Å²) in [6, 6.07) is 14.1. The number of ether oxygens (including phenoxy) is 2. The van der Waals surface area contributed by atoms with Gasteiger partial charge in [0.1, 0.15) is 24.4 Å². The van der Waals surface area contributed by atoms with Crippen LogP contribution in [0.2, 0.25) is 0 Å². The molecule has 2 aromatic heterocycles. The number of urea groups is 1. The first-order valence-corrected chi connectivity index (χ1v) is 12.2. The molecule has 2 aromatic carbocycles. The van der Waals surface area contributed by atoms with Gasteiger partial charge in [0.15, 0.2) is 11.6 Å². The first kappa shape index (κ1) is 24.9. The third kappa shape index (κ3) is 4.54. The van der Waals surface area contributed by atoms with E-state index in [-0.39, 0.29) is 24.5 Å². The molecule has 194 valence electrons.